The molecule has 1 aromatic heterocycles. The third kappa shape index (κ3) is 2.31. The van der Waals surface area contributed by atoms with Gasteiger partial charge in [0.05, 0.1) is 6.61 Å². The largest absolute Gasteiger partial charge is 0.494 e. The van der Waals surface area contributed by atoms with Crippen LogP contribution in [-0.4, -0.2) is 12.9 Å². The number of ether oxygens (including phenoxy) is 1. The van der Waals surface area contributed by atoms with Gasteiger partial charge in [-0.25, -0.2) is 0 Å². The zero-order chi connectivity index (χ0) is 11.4. The van der Waals surface area contributed by atoms with Crippen LogP contribution in [0.2, 0.25) is 0 Å². The average Bonchev–Trinajstić information content (AvgIpc) is 2.79. The van der Waals surface area contributed by atoms with Gasteiger partial charge in [0.25, 0.3) is 0 Å². The predicted molar refractivity (Wildman–Crippen MR) is 66.3 cm³/mol. The molecule has 0 atom stereocenters. The van der Waals surface area contributed by atoms with Gasteiger partial charge in [0.2, 0.25) is 0 Å². The highest BCUT2D eigenvalue weighted by molar-refractivity contribution is 7.13. The summed E-state index contributed by atoms with van der Waals surface area (Å²) < 4.78 is 5.37. The summed E-state index contributed by atoms with van der Waals surface area (Å²) in [6.07, 6.45) is 0.870. The number of thiophene rings is 1. The molecular formula is C13H12O2S. The van der Waals surface area contributed by atoms with Gasteiger partial charge in [-0.3, -0.25) is 4.79 Å². The molecule has 2 rings (SSSR count). The van der Waals surface area contributed by atoms with Crippen LogP contribution in [0.25, 0.3) is 10.4 Å². The van der Waals surface area contributed by atoms with Gasteiger partial charge >= 0.3 is 0 Å². The quantitative estimate of drug-likeness (QED) is 0.752. The van der Waals surface area contributed by atoms with Crippen LogP contribution in [0.4, 0.5) is 0 Å². The SMILES string of the molecule is CCOc1ccc(-c2cc(C=O)cs2)cc1. The van der Waals surface area contributed by atoms with Crippen LogP contribution in [0.1, 0.15) is 17.3 Å². The Labute approximate surface area is 98.5 Å². The molecule has 16 heavy (non-hydrogen) atoms. The molecule has 1 aromatic carbocycles. The van der Waals surface area contributed by atoms with Gasteiger partial charge in [-0.15, -0.1) is 11.3 Å². The summed E-state index contributed by atoms with van der Waals surface area (Å²) in [5.41, 5.74) is 1.84. The topological polar surface area (TPSA) is 26.3 Å². The van der Waals surface area contributed by atoms with E-state index in [0.29, 0.717) is 6.61 Å². The lowest BCUT2D eigenvalue weighted by atomic mass is 10.1. The molecule has 2 nitrogen and oxygen atoms in total. The van der Waals surface area contributed by atoms with Gasteiger partial charge in [-0.1, -0.05) is 0 Å². The summed E-state index contributed by atoms with van der Waals surface area (Å²) in [7, 11) is 0. The van der Waals surface area contributed by atoms with E-state index in [9.17, 15) is 4.79 Å². The van der Waals surface area contributed by atoms with E-state index in [4.69, 9.17) is 4.74 Å². The van der Waals surface area contributed by atoms with Gasteiger partial charge in [-0.05, 0) is 42.8 Å². The minimum absolute atomic E-state index is 0.674. The Balaban J connectivity index is 2.23. The van der Waals surface area contributed by atoms with E-state index in [1.54, 1.807) is 11.3 Å². The van der Waals surface area contributed by atoms with E-state index in [0.717, 1.165) is 28.0 Å². The maximum Gasteiger partial charge on any atom is 0.150 e. The number of hydrogen-bond donors (Lipinski definition) is 0. The first-order valence-electron chi connectivity index (χ1n) is 5.10. The molecule has 0 unspecified atom stereocenters. The zero-order valence-corrected chi connectivity index (χ0v) is 9.79. The van der Waals surface area contributed by atoms with Crippen LogP contribution < -0.4 is 4.74 Å². The summed E-state index contributed by atoms with van der Waals surface area (Å²) in [5, 5.41) is 1.86. The van der Waals surface area contributed by atoms with E-state index < -0.39 is 0 Å². The molecule has 0 bridgehead atoms. The third-order valence-electron chi connectivity index (χ3n) is 2.21. The van der Waals surface area contributed by atoms with Crippen LogP contribution in [0, 0.1) is 0 Å². The Bertz CT molecular complexity index is 471. The lowest BCUT2D eigenvalue weighted by Gasteiger charge is -2.03. The number of carbonyl (C=O) groups excluding carboxylic acids is 1. The van der Waals surface area contributed by atoms with Gasteiger partial charge in [0.1, 0.15) is 5.75 Å². The summed E-state index contributed by atoms with van der Waals surface area (Å²) in [6.45, 7) is 2.64. The molecular weight excluding hydrogens is 220 g/mol. The Morgan fingerprint density at radius 1 is 1.31 bits per heavy atom. The maximum absolute atomic E-state index is 10.6. The first-order chi connectivity index (χ1) is 7.83. The van der Waals surface area contributed by atoms with Crippen molar-refractivity contribution in [2.75, 3.05) is 6.61 Å². The van der Waals surface area contributed by atoms with Gasteiger partial charge in [-0.2, -0.15) is 0 Å². The first kappa shape index (κ1) is 10.9. The van der Waals surface area contributed by atoms with Crippen molar-refractivity contribution < 1.29 is 9.53 Å². The summed E-state index contributed by atoms with van der Waals surface area (Å²) in [4.78, 5) is 11.7. The minimum Gasteiger partial charge on any atom is -0.494 e. The normalized spacial score (nSPS) is 10.1. The molecule has 2 aromatic rings. The highest BCUT2D eigenvalue weighted by Gasteiger charge is 2.02. The fraction of sp³-hybridized carbons (Fsp3) is 0.154. The van der Waals surface area contributed by atoms with Gasteiger partial charge in [0.15, 0.2) is 6.29 Å². The molecule has 0 saturated heterocycles. The molecule has 3 heteroatoms. The summed E-state index contributed by atoms with van der Waals surface area (Å²) >= 11 is 1.57. The van der Waals surface area contributed by atoms with E-state index in [1.165, 1.54) is 0 Å². The number of hydrogen-bond acceptors (Lipinski definition) is 3. The van der Waals surface area contributed by atoms with Crippen LogP contribution in [-0.2, 0) is 0 Å². The first-order valence-corrected chi connectivity index (χ1v) is 5.98. The molecule has 0 radical (unpaired) electrons. The lowest BCUT2D eigenvalue weighted by molar-refractivity contribution is 0.112. The Morgan fingerprint density at radius 2 is 2.06 bits per heavy atom. The number of carbonyl (C=O) groups is 1. The smallest absolute Gasteiger partial charge is 0.150 e. The van der Waals surface area contributed by atoms with Crippen molar-refractivity contribution in [3.63, 3.8) is 0 Å². The van der Waals surface area contributed by atoms with Crippen LogP contribution in [0.5, 0.6) is 5.75 Å². The molecule has 0 aliphatic rings. The fourth-order valence-corrected chi connectivity index (χ4v) is 2.31. The average molecular weight is 232 g/mol. The van der Waals surface area contributed by atoms with E-state index in [1.807, 2.05) is 42.6 Å². The standard InChI is InChI=1S/C13H12O2S/c1-2-15-12-5-3-11(4-6-12)13-7-10(8-14)9-16-13/h3-9H,2H2,1H3. The molecule has 0 fully saturated rings. The van der Waals surface area contributed by atoms with Crippen molar-refractivity contribution in [1.29, 1.82) is 0 Å². The lowest BCUT2D eigenvalue weighted by Crippen LogP contribution is -1.90. The Kier molecular flexibility index (Phi) is 3.37. The van der Waals surface area contributed by atoms with Gasteiger partial charge < -0.3 is 4.74 Å². The number of aldehydes is 1. The zero-order valence-electron chi connectivity index (χ0n) is 8.97. The van der Waals surface area contributed by atoms with Crippen LogP contribution in [0.3, 0.4) is 0 Å². The number of benzene rings is 1. The molecule has 0 saturated carbocycles. The number of rotatable bonds is 4. The van der Waals surface area contributed by atoms with E-state index >= 15 is 0 Å². The monoisotopic (exact) mass is 232 g/mol. The second-order valence-electron chi connectivity index (χ2n) is 3.32. The summed E-state index contributed by atoms with van der Waals surface area (Å²) in [6, 6.07) is 9.79. The molecule has 0 aliphatic heterocycles. The fourth-order valence-electron chi connectivity index (χ4n) is 1.45. The van der Waals surface area contributed by atoms with Crippen molar-refractivity contribution >= 4 is 17.6 Å². The minimum atomic E-state index is 0.674. The highest BCUT2D eigenvalue weighted by Crippen LogP contribution is 2.28. The third-order valence-corrected chi connectivity index (χ3v) is 3.20. The maximum atomic E-state index is 10.6. The Morgan fingerprint density at radius 3 is 2.62 bits per heavy atom. The van der Waals surface area contributed by atoms with Crippen LogP contribution in [0.15, 0.2) is 35.7 Å². The molecule has 0 spiro atoms. The van der Waals surface area contributed by atoms with Crippen molar-refractivity contribution in [3.05, 3.63) is 41.3 Å². The highest BCUT2D eigenvalue weighted by atomic mass is 32.1. The molecule has 0 amide bonds. The van der Waals surface area contributed by atoms with Crippen LogP contribution >= 0.6 is 11.3 Å². The second kappa shape index (κ2) is 4.94. The van der Waals surface area contributed by atoms with Crippen molar-refractivity contribution in [2.45, 2.75) is 6.92 Å². The van der Waals surface area contributed by atoms with E-state index in [2.05, 4.69) is 0 Å². The second-order valence-corrected chi connectivity index (χ2v) is 4.23. The van der Waals surface area contributed by atoms with E-state index in [-0.39, 0.29) is 0 Å². The Hall–Kier alpha value is -1.61. The molecule has 0 aliphatic carbocycles. The predicted octanol–water partition coefficient (Wildman–Crippen LogP) is 3.63. The van der Waals surface area contributed by atoms with Crippen molar-refractivity contribution in [3.8, 4) is 16.2 Å². The van der Waals surface area contributed by atoms with Crippen molar-refractivity contribution in [1.82, 2.24) is 0 Å². The van der Waals surface area contributed by atoms with Gasteiger partial charge in [0, 0.05) is 15.8 Å². The van der Waals surface area contributed by atoms with Crippen molar-refractivity contribution in [2.24, 2.45) is 0 Å². The summed E-state index contributed by atoms with van der Waals surface area (Å²) in [5.74, 6) is 0.874. The molecule has 1 heterocycles. The molecule has 82 valence electrons. The molecule has 0 N–H and O–H groups in total.